The standard InChI is InChI=1S/C25H25ClF3N5O3/c1-13(15-8-16(25(27,28)29)10-17(30)9-15)31-23-18-11-34(12-19(18)32-24(26)33-23)22(35)7-14-4-5-20(36-2)21(6-14)37-3/h4-6,8-10,13H,7,11-12,30H2,1-3H3,(H,31,32,33)/t13-/m1/s1. The van der Waals surface area contributed by atoms with Crippen molar-refractivity contribution < 1.29 is 27.4 Å². The third kappa shape index (κ3) is 5.82. The minimum absolute atomic E-state index is 0.00337. The van der Waals surface area contributed by atoms with Crippen LogP contribution >= 0.6 is 11.6 Å². The van der Waals surface area contributed by atoms with Crippen molar-refractivity contribution in [1.29, 1.82) is 0 Å². The molecule has 2 aromatic carbocycles. The Morgan fingerprint density at radius 1 is 1.14 bits per heavy atom. The summed E-state index contributed by atoms with van der Waals surface area (Å²) in [7, 11) is 3.05. The van der Waals surface area contributed by atoms with Crippen molar-refractivity contribution in [2.75, 3.05) is 25.3 Å². The smallest absolute Gasteiger partial charge is 0.416 e. The second kappa shape index (κ2) is 10.3. The van der Waals surface area contributed by atoms with E-state index in [1.165, 1.54) is 20.3 Å². The maximum absolute atomic E-state index is 13.3. The predicted molar refractivity (Wildman–Crippen MR) is 132 cm³/mol. The van der Waals surface area contributed by atoms with Gasteiger partial charge in [0.05, 0.1) is 51.0 Å². The second-order valence-electron chi connectivity index (χ2n) is 8.63. The molecular formula is C25H25ClF3N5O3. The van der Waals surface area contributed by atoms with Crippen molar-refractivity contribution >= 4 is 29.0 Å². The lowest BCUT2D eigenvalue weighted by atomic mass is 10.0. The van der Waals surface area contributed by atoms with Crippen molar-refractivity contribution in [2.45, 2.75) is 38.7 Å². The zero-order valence-corrected chi connectivity index (χ0v) is 21.1. The number of nitrogens with two attached hydrogens (primary N) is 1. The van der Waals surface area contributed by atoms with E-state index in [9.17, 15) is 18.0 Å². The van der Waals surface area contributed by atoms with Crippen LogP contribution in [0.4, 0.5) is 24.7 Å². The topological polar surface area (TPSA) is 103 Å². The molecule has 0 saturated heterocycles. The summed E-state index contributed by atoms with van der Waals surface area (Å²) >= 11 is 6.13. The first-order chi connectivity index (χ1) is 17.5. The van der Waals surface area contributed by atoms with Gasteiger partial charge < -0.3 is 25.4 Å². The SMILES string of the molecule is COc1ccc(CC(=O)N2Cc3nc(Cl)nc(N[C@H](C)c4cc(N)cc(C(F)(F)F)c4)c3C2)cc1OC. The number of nitrogens with one attached hydrogen (secondary N) is 1. The van der Waals surface area contributed by atoms with Gasteiger partial charge in [-0.25, -0.2) is 9.97 Å². The lowest BCUT2D eigenvalue weighted by Gasteiger charge is -2.19. The van der Waals surface area contributed by atoms with Crippen LogP contribution in [0.1, 0.15) is 40.9 Å². The number of amides is 1. The number of nitrogens with zero attached hydrogens (tertiary/aromatic N) is 3. The summed E-state index contributed by atoms with van der Waals surface area (Å²) in [5.41, 5.74) is 7.17. The van der Waals surface area contributed by atoms with E-state index in [0.717, 1.165) is 17.7 Å². The van der Waals surface area contributed by atoms with Gasteiger partial charge >= 0.3 is 6.18 Å². The molecule has 0 unspecified atom stereocenters. The zero-order chi connectivity index (χ0) is 26.9. The van der Waals surface area contributed by atoms with Crippen LogP contribution in [-0.4, -0.2) is 35.0 Å². The highest BCUT2D eigenvalue weighted by atomic mass is 35.5. The summed E-state index contributed by atoms with van der Waals surface area (Å²) in [5, 5.41) is 3.08. The maximum Gasteiger partial charge on any atom is 0.416 e. The first-order valence-electron chi connectivity index (χ1n) is 11.3. The highest BCUT2D eigenvalue weighted by molar-refractivity contribution is 6.28. The molecule has 1 aliphatic heterocycles. The molecule has 0 aliphatic carbocycles. The van der Waals surface area contributed by atoms with Gasteiger partial charge in [0.15, 0.2) is 11.5 Å². The Morgan fingerprint density at radius 2 is 1.86 bits per heavy atom. The quantitative estimate of drug-likeness (QED) is 0.324. The summed E-state index contributed by atoms with van der Waals surface area (Å²) < 4.78 is 50.3. The number of methoxy groups -OCH3 is 2. The largest absolute Gasteiger partial charge is 0.493 e. The molecule has 2 heterocycles. The molecule has 37 heavy (non-hydrogen) atoms. The van der Waals surface area contributed by atoms with E-state index in [0.29, 0.717) is 34.1 Å². The number of hydrogen-bond acceptors (Lipinski definition) is 7. The first kappa shape index (κ1) is 26.3. The summed E-state index contributed by atoms with van der Waals surface area (Å²) in [6.45, 7) is 2.13. The van der Waals surface area contributed by atoms with E-state index < -0.39 is 17.8 Å². The van der Waals surface area contributed by atoms with Crippen molar-refractivity contribution in [3.05, 3.63) is 69.6 Å². The Kier molecular flexibility index (Phi) is 7.35. The Balaban J connectivity index is 1.53. The lowest BCUT2D eigenvalue weighted by molar-refractivity contribution is -0.137. The normalized spacial score (nSPS) is 13.8. The van der Waals surface area contributed by atoms with Crippen LogP contribution in [0.15, 0.2) is 36.4 Å². The fourth-order valence-corrected chi connectivity index (χ4v) is 4.36. The van der Waals surface area contributed by atoms with E-state index in [2.05, 4.69) is 15.3 Å². The molecule has 0 bridgehead atoms. The number of halogens is 4. The number of fused-ring (bicyclic) bond motifs is 1. The van der Waals surface area contributed by atoms with Gasteiger partial charge in [0.1, 0.15) is 5.82 Å². The number of benzene rings is 2. The Morgan fingerprint density at radius 3 is 2.54 bits per heavy atom. The molecule has 1 atom stereocenters. The second-order valence-corrected chi connectivity index (χ2v) is 8.97. The summed E-state index contributed by atoms with van der Waals surface area (Å²) in [5.74, 6) is 1.28. The minimum Gasteiger partial charge on any atom is -0.493 e. The van der Waals surface area contributed by atoms with E-state index in [1.54, 1.807) is 30.0 Å². The highest BCUT2D eigenvalue weighted by Gasteiger charge is 2.32. The van der Waals surface area contributed by atoms with Crippen molar-refractivity contribution in [2.24, 2.45) is 0 Å². The van der Waals surface area contributed by atoms with Crippen molar-refractivity contribution in [3.63, 3.8) is 0 Å². The third-order valence-corrected chi connectivity index (χ3v) is 6.24. The average Bonchev–Trinajstić information content (AvgIpc) is 3.27. The number of rotatable bonds is 7. The van der Waals surface area contributed by atoms with Gasteiger partial charge in [-0.15, -0.1) is 0 Å². The third-order valence-electron chi connectivity index (χ3n) is 6.07. The maximum atomic E-state index is 13.3. The number of carbonyl (C=O) groups excluding carboxylic acids is 1. The number of anilines is 2. The molecular weight excluding hydrogens is 511 g/mol. The van der Waals surface area contributed by atoms with E-state index in [-0.39, 0.29) is 36.4 Å². The monoisotopic (exact) mass is 535 g/mol. The molecule has 0 saturated carbocycles. The first-order valence-corrected chi connectivity index (χ1v) is 11.6. The predicted octanol–water partition coefficient (Wildman–Crippen LogP) is 5.01. The average molecular weight is 536 g/mol. The Labute approximate surface area is 216 Å². The number of nitrogen functional groups attached to an aromatic ring is 1. The Bertz CT molecular complexity index is 1340. The van der Waals surface area contributed by atoms with Crippen LogP contribution in [-0.2, 0) is 30.5 Å². The number of alkyl halides is 3. The molecule has 12 heteroatoms. The zero-order valence-electron chi connectivity index (χ0n) is 20.3. The molecule has 196 valence electrons. The van der Waals surface area contributed by atoms with E-state index >= 15 is 0 Å². The molecule has 8 nitrogen and oxygen atoms in total. The molecule has 1 amide bonds. The van der Waals surface area contributed by atoms with Crippen LogP contribution < -0.4 is 20.5 Å². The molecule has 0 radical (unpaired) electrons. The molecule has 4 rings (SSSR count). The van der Waals surface area contributed by atoms with Crippen molar-refractivity contribution in [3.8, 4) is 11.5 Å². The van der Waals surface area contributed by atoms with Crippen LogP contribution in [0, 0.1) is 0 Å². The summed E-state index contributed by atoms with van der Waals surface area (Å²) in [4.78, 5) is 23.2. The number of aromatic nitrogens is 2. The van der Waals surface area contributed by atoms with Gasteiger partial charge in [-0.05, 0) is 60.0 Å². The minimum atomic E-state index is -4.53. The van der Waals surface area contributed by atoms with Crippen LogP contribution in [0.3, 0.4) is 0 Å². The van der Waals surface area contributed by atoms with Gasteiger partial charge in [-0.1, -0.05) is 6.07 Å². The fourth-order valence-electron chi connectivity index (χ4n) is 4.18. The molecule has 3 aromatic rings. The Hall–Kier alpha value is -3.73. The summed E-state index contributed by atoms with van der Waals surface area (Å²) in [6, 6.07) is 8.06. The van der Waals surface area contributed by atoms with Gasteiger partial charge in [-0.3, -0.25) is 4.79 Å². The van der Waals surface area contributed by atoms with Crippen molar-refractivity contribution in [1.82, 2.24) is 14.9 Å². The number of hydrogen-bond donors (Lipinski definition) is 2. The molecule has 3 N–H and O–H groups in total. The van der Waals surface area contributed by atoms with Crippen LogP contribution in [0.2, 0.25) is 5.28 Å². The number of ether oxygens (including phenoxy) is 2. The molecule has 1 aromatic heterocycles. The van der Waals surface area contributed by atoms with Crippen LogP contribution in [0.25, 0.3) is 0 Å². The molecule has 0 fully saturated rings. The highest BCUT2D eigenvalue weighted by Crippen LogP contribution is 2.35. The van der Waals surface area contributed by atoms with E-state index in [1.807, 2.05) is 0 Å². The fraction of sp³-hybridized carbons (Fsp3) is 0.320. The molecule has 0 spiro atoms. The van der Waals surface area contributed by atoms with Crippen LogP contribution in [0.5, 0.6) is 11.5 Å². The summed E-state index contributed by atoms with van der Waals surface area (Å²) in [6.07, 6.45) is -4.41. The van der Waals surface area contributed by atoms with Gasteiger partial charge in [0, 0.05) is 11.3 Å². The number of carbonyl (C=O) groups is 1. The lowest BCUT2D eigenvalue weighted by Crippen LogP contribution is -2.27. The van der Waals surface area contributed by atoms with E-state index in [4.69, 9.17) is 26.8 Å². The van der Waals surface area contributed by atoms with Gasteiger partial charge in [-0.2, -0.15) is 13.2 Å². The van der Waals surface area contributed by atoms with Gasteiger partial charge in [0.25, 0.3) is 0 Å². The van der Waals surface area contributed by atoms with Gasteiger partial charge in [0.2, 0.25) is 11.2 Å². The molecule has 1 aliphatic rings.